The Kier molecular flexibility index (Phi) is 4.60. The molecule has 0 radical (unpaired) electrons. The van der Waals surface area contributed by atoms with E-state index in [2.05, 4.69) is 35.3 Å². The van der Waals surface area contributed by atoms with Crippen LogP contribution >= 0.6 is 0 Å². The maximum Gasteiger partial charge on any atom is 0.147 e. The van der Waals surface area contributed by atoms with Gasteiger partial charge in [0.1, 0.15) is 29.7 Å². The van der Waals surface area contributed by atoms with Gasteiger partial charge >= 0.3 is 0 Å². The summed E-state index contributed by atoms with van der Waals surface area (Å²) in [6, 6.07) is 2.11. The predicted molar refractivity (Wildman–Crippen MR) is 78.6 cm³/mol. The number of nitrogens with one attached hydrogen (secondary N) is 1. The molecule has 0 saturated heterocycles. The van der Waals surface area contributed by atoms with Crippen molar-refractivity contribution in [3.8, 4) is 0 Å². The molecule has 0 amide bonds. The predicted octanol–water partition coefficient (Wildman–Crippen LogP) is 2.59. The maximum atomic E-state index is 5.81. The van der Waals surface area contributed by atoms with Gasteiger partial charge in [0.2, 0.25) is 0 Å². The number of rotatable bonds is 6. The van der Waals surface area contributed by atoms with E-state index >= 15 is 0 Å². The number of hydrogen-bond donors (Lipinski definition) is 1. The number of aromatic nitrogens is 3. The van der Waals surface area contributed by atoms with Crippen LogP contribution in [0.5, 0.6) is 0 Å². The van der Waals surface area contributed by atoms with Crippen LogP contribution in [0.3, 0.4) is 0 Å². The van der Waals surface area contributed by atoms with Gasteiger partial charge in [-0.05, 0) is 39.3 Å². The molecule has 0 bridgehead atoms. The highest BCUT2D eigenvalue weighted by Crippen LogP contribution is 2.16. The Labute approximate surface area is 120 Å². The molecular formula is C15H24N4O. The zero-order valence-electron chi connectivity index (χ0n) is 13.0. The van der Waals surface area contributed by atoms with E-state index in [1.165, 1.54) is 5.56 Å². The van der Waals surface area contributed by atoms with E-state index in [0.717, 1.165) is 36.3 Å². The van der Waals surface area contributed by atoms with Crippen LogP contribution < -0.4 is 5.32 Å². The zero-order chi connectivity index (χ0) is 14.7. The average molecular weight is 276 g/mol. The lowest BCUT2D eigenvalue weighted by Crippen LogP contribution is -2.19. The van der Waals surface area contributed by atoms with E-state index in [-0.39, 0.29) is 0 Å². The van der Waals surface area contributed by atoms with Gasteiger partial charge in [0.15, 0.2) is 0 Å². The monoisotopic (exact) mass is 276 g/mol. The number of aryl methyl sites for hydroxylation is 3. The summed E-state index contributed by atoms with van der Waals surface area (Å²) in [6.45, 7) is 12.8. The van der Waals surface area contributed by atoms with Crippen LogP contribution in [0.4, 0.5) is 0 Å². The molecule has 0 aliphatic carbocycles. The van der Waals surface area contributed by atoms with Gasteiger partial charge < -0.3 is 9.73 Å². The van der Waals surface area contributed by atoms with E-state index in [1.807, 2.05) is 25.5 Å². The Bertz CT molecular complexity index is 568. The molecule has 0 atom stereocenters. The summed E-state index contributed by atoms with van der Waals surface area (Å²) in [7, 11) is 0. The van der Waals surface area contributed by atoms with Crippen molar-refractivity contribution in [3.63, 3.8) is 0 Å². The Morgan fingerprint density at radius 3 is 2.65 bits per heavy atom. The van der Waals surface area contributed by atoms with E-state index in [1.54, 1.807) is 0 Å². The van der Waals surface area contributed by atoms with Crippen LogP contribution in [0.25, 0.3) is 0 Å². The fraction of sp³-hybridized carbons (Fsp3) is 0.600. The van der Waals surface area contributed by atoms with Crippen LogP contribution in [0, 0.1) is 26.7 Å². The summed E-state index contributed by atoms with van der Waals surface area (Å²) < 4.78 is 7.69. The molecule has 2 aromatic rings. The first-order chi connectivity index (χ1) is 9.45. The topological polar surface area (TPSA) is 55.9 Å². The van der Waals surface area contributed by atoms with E-state index in [9.17, 15) is 0 Å². The first-order valence-electron chi connectivity index (χ1n) is 7.12. The van der Waals surface area contributed by atoms with Crippen LogP contribution in [0.1, 0.15) is 42.6 Å². The van der Waals surface area contributed by atoms with Gasteiger partial charge in [-0.3, -0.25) is 0 Å². The van der Waals surface area contributed by atoms with Crippen molar-refractivity contribution >= 4 is 0 Å². The second-order valence-electron chi connectivity index (χ2n) is 5.68. The molecule has 20 heavy (non-hydrogen) atoms. The smallest absolute Gasteiger partial charge is 0.147 e. The molecular weight excluding hydrogens is 252 g/mol. The Hall–Kier alpha value is -1.62. The Morgan fingerprint density at radius 1 is 1.30 bits per heavy atom. The number of nitrogens with zero attached hydrogens (tertiary/aromatic N) is 3. The van der Waals surface area contributed by atoms with Crippen molar-refractivity contribution in [1.82, 2.24) is 20.1 Å². The summed E-state index contributed by atoms with van der Waals surface area (Å²) in [4.78, 5) is 4.30. The van der Waals surface area contributed by atoms with Gasteiger partial charge in [0, 0.05) is 12.1 Å². The fourth-order valence-corrected chi connectivity index (χ4v) is 2.20. The molecule has 2 rings (SSSR count). The molecule has 0 aliphatic rings. The van der Waals surface area contributed by atoms with Crippen molar-refractivity contribution in [2.24, 2.45) is 5.92 Å². The fourth-order valence-electron chi connectivity index (χ4n) is 2.20. The van der Waals surface area contributed by atoms with Crippen LogP contribution in [0.15, 0.2) is 10.5 Å². The van der Waals surface area contributed by atoms with E-state index in [0.29, 0.717) is 12.5 Å². The van der Waals surface area contributed by atoms with E-state index < -0.39 is 0 Å². The molecule has 0 aliphatic heterocycles. The first kappa shape index (κ1) is 14.8. The largest absolute Gasteiger partial charge is 0.464 e. The quantitative estimate of drug-likeness (QED) is 0.881. The molecule has 1 N–H and O–H groups in total. The maximum absolute atomic E-state index is 5.81. The van der Waals surface area contributed by atoms with Gasteiger partial charge in [0.25, 0.3) is 0 Å². The third-order valence-corrected chi connectivity index (χ3v) is 3.21. The zero-order valence-corrected chi connectivity index (χ0v) is 13.0. The highest BCUT2D eigenvalue weighted by atomic mass is 16.3. The van der Waals surface area contributed by atoms with Gasteiger partial charge in [-0.2, -0.15) is 5.10 Å². The second kappa shape index (κ2) is 6.22. The van der Waals surface area contributed by atoms with Gasteiger partial charge in [-0.15, -0.1) is 0 Å². The standard InChI is InChI=1S/C15H24N4O/c1-10(2)7-16-8-14-6-15(20-11(14)3)9-19-13(5)17-12(4)18-19/h6,10,16H,7-9H2,1-5H3. The Morgan fingerprint density at radius 2 is 2.05 bits per heavy atom. The minimum absolute atomic E-state index is 0.637. The lowest BCUT2D eigenvalue weighted by atomic mass is 10.2. The third kappa shape index (κ3) is 3.70. The molecule has 0 fully saturated rings. The summed E-state index contributed by atoms with van der Waals surface area (Å²) >= 11 is 0. The normalized spacial score (nSPS) is 11.5. The Balaban J connectivity index is 2.01. The SMILES string of the molecule is Cc1nc(C)n(Cc2cc(CNCC(C)C)c(C)o2)n1. The highest BCUT2D eigenvalue weighted by Gasteiger charge is 2.10. The summed E-state index contributed by atoms with van der Waals surface area (Å²) in [6.07, 6.45) is 0. The molecule has 5 heteroatoms. The average Bonchev–Trinajstić information content (AvgIpc) is 2.83. The lowest BCUT2D eigenvalue weighted by molar-refractivity contribution is 0.452. The van der Waals surface area contributed by atoms with Crippen LogP contribution in [-0.2, 0) is 13.1 Å². The van der Waals surface area contributed by atoms with E-state index in [4.69, 9.17) is 4.42 Å². The first-order valence-corrected chi connectivity index (χ1v) is 7.12. The van der Waals surface area contributed by atoms with Gasteiger partial charge in [-0.25, -0.2) is 9.67 Å². The minimum Gasteiger partial charge on any atom is -0.464 e. The minimum atomic E-state index is 0.637. The number of furan rings is 1. The van der Waals surface area contributed by atoms with Crippen molar-refractivity contribution in [1.29, 1.82) is 0 Å². The molecule has 0 aromatic carbocycles. The van der Waals surface area contributed by atoms with Crippen molar-refractivity contribution in [2.75, 3.05) is 6.54 Å². The summed E-state index contributed by atoms with van der Waals surface area (Å²) in [5.74, 6) is 4.27. The third-order valence-electron chi connectivity index (χ3n) is 3.21. The summed E-state index contributed by atoms with van der Waals surface area (Å²) in [5, 5.41) is 7.80. The van der Waals surface area contributed by atoms with Crippen LogP contribution in [-0.4, -0.2) is 21.3 Å². The van der Waals surface area contributed by atoms with Crippen molar-refractivity contribution in [3.05, 3.63) is 34.8 Å². The molecule has 2 heterocycles. The molecule has 0 spiro atoms. The van der Waals surface area contributed by atoms with Crippen molar-refractivity contribution < 1.29 is 4.42 Å². The molecule has 2 aromatic heterocycles. The molecule has 0 unspecified atom stereocenters. The molecule has 0 saturated carbocycles. The lowest BCUT2D eigenvalue weighted by Gasteiger charge is -2.05. The second-order valence-corrected chi connectivity index (χ2v) is 5.68. The van der Waals surface area contributed by atoms with Crippen molar-refractivity contribution in [2.45, 2.75) is 47.7 Å². The molecule has 110 valence electrons. The van der Waals surface area contributed by atoms with Crippen LogP contribution in [0.2, 0.25) is 0 Å². The number of hydrogen-bond acceptors (Lipinski definition) is 4. The molecule has 5 nitrogen and oxygen atoms in total. The van der Waals surface area contributed by atoms with Gasteiger partial charge in [-0.1, -0.05) is 13.8 Å². The highest BCUT2D eigenvalue weighted by molar-refractivity contribution is 5.21. The summed E-state index contributed by atoms with van der Waals surface area (Å²) in [5.41, 5.74) is 1.22. The van der Waals surface area contributed by atoms with Gasteiger partial charge in [0.05, 0.1) is 0 Å².